The summed E-state index contributed by atoms with van der Waals surface area (Å²) in [6.07, 6.45) is 4.34. The summed E-state index contributed by atoms with van der Waals surface area (Å²) in [6, 6.07) is 11.2. The summed E-state index contributed by atoms with van der Waals surface area (Å²) in [5, 5.41) is 13.8. The van der Waals surface area contributed by atoms with Crippen LogP contribution in [0.25, 0.3) is 0 Å². The van der Waals surface area contributed by atoms with Crippen molar-refractivity contribution < 1.29 is 9.84 Å². The molecule has 3 rings (SSSR count). The second-order valence-corrected chi connectivity index (χ2v) is 8.41. The Kier molecular flexibility index (Phi) is 6.16. The highest BCUT2D eigenvalue weighted by atomic mass is 16.5. The van der Waals surface area contributed by atoms with Crippen molar-refractivity contribution in [2.75, 3.05) is 32.9 Å². The Morgan fingerprint density at radius 2 is 1.92 bits per heavy atom. The second-order valence-electron chi connectivity index (χ2n) is 8.41. The highest BCUT2D eigenvalue weighted by Crippen LogP contribution is 2.33. The highest BCUT2D eigenvalue weighted by molar-refractivity contribution is 5.15. The van der Waals surface area contributed by atoms with Gasteiger partial charge in [0.25, 0.3) is 0 Å². The summed E-state index contributed by atoms with van der Waals surface area (Å²) in [7, 11) is 0. The molecule has 0 aromatic heterocycles. The van der Waals surface area contributed by atoms with Crippen molar-refractivity contribution in [2.24, 2.45) is 5.41 Å². The lowest BCUT2D eigenvalue weighted by molar-refractivity contribution is -0.0252. The van der Waals surface area contributed by atoms with Gasteiger partial charge in [-0.05, 0) is 51.6 Å². The van der Waals surface area contributed by atoms with Crippen LogP contribution in [0, 0.1) is 5.41 Å². The average molecular weight is 347 g/mol. The van der Waals surface area contributed by atoms with Crippen LogP contribution in [0.5, 0.6) is 0 Å². The van der Waals surface area contributed by atoms with E-state index >= 15 is 0 Å². The second kappa shape index (κ2) is 8.17. The molecule has 0 saturated carbocycles. The van der Waals surface area contributed by atoms with E-state index in [0.29, 0.717) is 6.04 Å². The molecule has 1 aromatic carbocycles. The van der Waals surface area contributed by atoms with Crippen LogP contribution in [0.3, 0.4) is 0 Å². The van der Waals surface area contributed by atoms with Gasteiger partial charge in [-0.1, -0.05) is 30.3 Å². The third-order valence-electron chi connectivity index (χ3n) is 6.42. The summed E-state index contributed by atoms with van der Waals surface area (Å²) in [5.74, 6) is 0. The van der Waals surface area contributed by atoms with Crippen molar-refractivity contribution in [1.29, 1.82) is 0 Å². The van der Waals surface area contributed by atoms with Crippen molar-refractivity contribution in [2.45, 2.75) is 57.7 Å². The molecule has 2 aliphatic heterocycles. The van der Waals surface area contributed by atoms with E-state index in [4.69, 9.17) is 4.74 Å². The molecule has 4 nitrogen and oxygen atoms in total. The first kappa shape index (κ1) is 18.8. The van der Waals surface area contributed by atoms with Crippen molar-refractivity contribution in [3.05, 3.63) is 35.9 Å². The van der Waals surface area contributed by atoms with E-state index in [2.05, 4.69) is 54.4 Å². The molecule has 2 saturated heterocycles. The number of likely N-dealkylation sites (tertiary alicyclic amines) is 1. The molecular weight excluding hydrogens is 312 g/mol. The third kappa shape index (κ3) is 4.43. The first-order chi connectivity index (χ1) is 12.1. The zero-order valence-electron chi connectivity index (χ0n) is 15.8. The number of hydrogen-bond donors (Lipinski definition) is 2. The van der Waals surface area contributed by atoms with Crippen molar-refractivity contribution in [1.82, 2.24) is 10.2 Å². The number of ether oxygens (including phenoxy) is 1. The van der Waals surface area contributed by atoms with Crippen LogP contribution in [-0.2, 0) is 11.3 Å². The summed E-state index contributed by atoms with van der Waals surface area (Å²) < 4.78 is 5.50. The number of nitrogens with zero attached hydrogens (tertiary/aromatic N) is 1. The van der Waals surface area contributed by atoms with Crippen LogP contribution in [0.4, 0.5) is 0 Å². The number of aliphatic hydroxyl groups excluding tert-OH is 1. The Morgan fingerprint density at radius 3 is 2.60 bits per heavy atom. The Morgan fingerprint density at radius 1 is 1.20 bits per heavy atom. The van der Waals surface area contributed by atoms with E-state index in [1.165, 1.54) is 18.4 Å². The minimum atomic E-state index is -0.00393. The lowest BCUT2D eigenvalue weighted by Crippen LogP contribution is -2.62. The lowest BCUT2D eigenvalue weighted by atomic mass is 9.79. The molecule has 2 fully saturated rings. The van der Waals surface area contributed by atoms with Gasteiger partial charge in [-0.3, -0.25) is 4.90 Å². The highest BCUT2D eigenvalue weighted by Gasteiger charge is 2.40. The first-order valence-electron chi connectivity index (χ1n) is 9.77. The molecule has 0 bridgehead atoms. The summed E-state index contributed by atoms with van der Waals surface area (Å²) in [4.78, 5) is 2.61. The Labute approximate surface area is 152 Å². The molecule has 2 heterocycles. The van der Waals surface area contributed by atoms with Gasteiger partial charge in [0.1, 0.15) is 0 Å². The topological polar surface area (TPSA) is 44.7 Å². The SMILES string of the molecule is CC1(C)C(NCC2(CO)CCOCC2)CCCN1Cc1ccccc1. The minimum absolute atomic E-state index is 0.00393. The van der Waals surface area contributed by atoms with E-state index in [1.807, 2.05) is 0 Å². The minimum Gasteiger partial charge on any atom is -0.396 e. The summed E-state index contributed by atoms with van der Waals surface area (Å²) >= 11 is 0. The smallest absolute Gasteiger partial charge is 0.0501 e. The molecule has 2 aliphatic rings. The molecule has 2 N–H and O–H groups in total. The van der Waals surface area contributed by atoms with Gasteiger partial charge in [0.2, 0.25) is 0 Å². The number of hydrogen-bond acceptors (Lipinski definition) is 4. The normalized spacial score (nSPS) is 26.4. The van der Waals surface area contributed by atoms with Gasteiger partial charge < -0.3 is 15.2 Å². The fourth-order valence-corrected chi connectivity index (χ4v) is 4.32. The number of benzene rings is 1. The molecule has 4 heteroatoms. The van der Waals surface area contributed by atoms with Gasteiger partial charge in [0.05, 0.1) is 6.61 Å². The Hall–Kier alpha value is -0.940. The molecular formula is C21H34N2O2. The fraction of sp³-hybridized carbons (Fsp3) is 0.714. The lowest BCUT2D eigenvalue weighted by Gasteiger charge is -2.49. The van der Waals surface area contributed by atoms with Gasteiger partial charge in [-0.25, -0.2) is 0 Å². The van der Waals surface area contributed by atoms with E-state index in [9.17, 15) is 5.11 Å². The van der Waals surface area contributed by atoms with E-state index < -0.39 is 0 Å². The number of piperidine rings is 1. The van der Waals surface area contributed by atoms with Crippen molar-refractivity contribution in [3.8, 4) is 0 Å². The van der Waals surface area contributed by atoms with Gasteiger partial charge >= 0.3 is 0 Å². The van der Waals surface area contributed by atoms with E-state index in [1.54, 1.807) is 0 Å². The van der Waals surface area contributed by atoms with Crippen molar-refractivity contribution >= 4 is 0 Å². The Bertz CT molecular complexity index is 526. The molecule has 0 amide bonds. The van der Waals surface area contributed by atoms with Gasteiger partial charge in [-0.15, -0.1) is 0 Å². The van der Waals surface area contributed by atoms with Gasteiger partial charge in [0, 0.05) is 43.3 Å². The summed E-state index contributed by atoms with van der Waals surface area (Å²) in [6.45, 7) is 9.58. The van der Waals surface area contributed by atoms with Crippen LogP contribution in [0.15, 0.2) is 30.3 Å². The van der Waals surface area contributed by atoms with Gasteiger partial charge in [0.15, 0.2) is 0 Å². The third-order valence-corrected chi connectivity index (χ3v) is 6.42. The number of nitrogens with one attached hydrogen (secondary N) is 1. The molecule has 25 heavy (non-hydrogen) atoms. The fourth-order valence-electron chi connectivity index (χ4n) is 4.32. The first-order valence-corrected chi connectivity index (χ1v) is 9.77. The van der Waals surface area contributed by atoms with Crippen LogP contribution in [-0.4, -0.2) is 54.5 Å². The zero-order chi connectivity index (χ0) is 17.8. The standard InChI is InChI=1S/C21H34N2O2/c1-20(2)19(22-16-21(17-24)10-13-25-14-11-21)9-6-12-23(20)15-18-7-4-3-5-8-18/h3-5,7-8,19,22,24H,6,9-17H2,1-2H3. The average Bonchev–Trinajstić information content (AvgIpc) is 2.64. The number of rotatable bonds is 6. The monoisotopic (exact) mass is 346 g/mol. The Balaban J connectivity index is 1.62. The zero-order valence-corrected chi connectivity index (χ0v) is 15.8. The molecule has 140 valence electrons. The van der Waals surface area contributed by atoms with Crippen molar-refractivity contribution in [3.63, 3.8) is 0 Å². The van der Waals surface area contributed by atoms with Crippen LogP contribution >= 0.6 is 0 Å². The number of aliphatic hydroxyl groups is 1. The predicted molar refractivity (Wildman–Crippen MR) is 102 cm³/mol. The molecule has 1 unspecified atom stereocenters. The van der Waals surface area contributed by atoms with Gasteiger partial charge in [-0.2, -0.15) is 0 Å². The molecule has 0 radical (unpaired) electrons. The molecule has 1 aromatic rings. The largest absolute Gasteiger partial charge is 0.396 e. The summed E-state index contributed by atoms with van der Waals surface area (Å²) in [5.41, 5.74) is 1.49. The van der Waals surface area contributed by atoms with E-state index in [0.717, 1.165) is 45.7 Å². The molecule has 1 atom stereocenters. The van der Waals surface area contributed by atoms with Crippen LogP contribution in [0.1, 0.15) is 45.1 Å². The molecule has 0 spiro atoms. The molecule has 0 aliphatic carbocycles. The maximum absolute atomic E-state index is 9.94. The maximum atomic E-state index is 9.94. The maximum Gasteiger partial charge on any atom is 0.0501 e. The van der Waals surface area contributed by atoms with Crippen LogP contribution in [0.2, 0.25) is 0 Å². The van der Waals surface area contributed by atoms with Crippen LogP contribution < -0.4 is 5.32 Å². The quantitative estimate of drug-likeness (QED) is 0.831. The predicted octanol–water partition coefficient (Wildman–Crippen LogP) is 2.81. The van der Waals surface area contributed by atoms with E-state index in [-0.39, 0.29) is 17.6 Å².